The highest BCUT2D eigenvalue weighted by Gasteiger charge is 2.36. The normalized spacial score (nSPS) is 12.2. The summed E-state index contributed by atoms with van der Waals surface area (Å²) in [5.41, 5.74) is -0.0385. The summed E-state index contributed by atoms with van der Waals surface area (Å²) >= 11 is 1.40. The largest absolute Gasteiger partial charge is 0.492 e. The third-order valence-electron chi connectivity index (χ3n) is 5.20. The Morgan fingerprint density at radius 3 is 2.59 bits per heavy atom. The molecule has 0 saturated carbocycles. The van der Waals surface area contributed by atoms with E-state index < -0.39 is 17.5 Å². The molecule has 0 spiro atoms. The molecule has 0 aliphatic carbocycles. The molecule has 37 heavy (non-hydrogen) atoms. The number of ether oxygens (including phenoxy) is 1. The second kappa shape index (κ2) is 11.0. The maximum Gasteiger partial charge on any atom is 0.251 e. The third-order valence-corrected chi connectivity index (χ3v) is 6.13. The van der Waals surface area contributed by atoms with Gasteiger partial charge in [-0.25, -0.2) is 0 Å². The van der Waals surface area contributed by atoms with Crippen LogP contribution in [0.2, 0.25) is 0 Å². The number of hydrogen-bond acceptors (Lipinski definition) is 8. The number of carbonyl (C=O) groups is 2. The van der Waals surface area contributed by atoms with E-state index in [0.29, 0.717) is 34.4 Å². The number of aryl methyl sites for hydroxylation is 1. The van der Waals surface area contributed by atoms with Gasteiger partial charge in [0.2, 0.25) is 11.7 Å². The average Bonchev–Trinajstić information content (AvgIpc) is 3.59. The molecule has 3 heterocycles. The van der Waals surface area contributed by atoms with Crippen molar-refractivity contribution in [3.05, 3.63) is 64.5 Å². The Labute approximate surface area is 219 Å². The van der Waals surface area contributed by atoms with Crippen molar-refractivity contribution in [2.75, 3.05) is 11.5 Å². The summed E-state index contributed by atoms with van der Waals surface area (Å²) in [5, 5.41) is 17.3. The Morgan fingerprint density at radius 1 is 1.16 bits per heavy atom. The number of para-hydroxylation sites is 2. The molecule has 0 radical (unpaired) electrons. The first-order chi connectivity index (χ1) is 17.7. The fraction of sp³-hybridized carbons (Fsp3) is 0.346. The van der Waals surface area contributed by atoms with Crippen molar-refractivity contribution in [1.82, 2.24) is 25.5 Å². The summed E-state index contributed by atoms with van der Waals surface area (Å²) in [6.07, 6.45) is 0. The number of amides is 2. The Kier molecular flexibility index (Phi) is 7.72. The summed E-state index contributed by atoms with van der Waals surface area (Å²) in [5.74, 6) is 1.20. The molecule has 194 valence electrons. The Hall–Kier alpha value is -3.99. The summed E-state index contributed by atoms with van der Waals surface area (Å²) in [6, 6.07) is 13.5. The standard InChI is InChI=1S/C26H30N6O4S/c1-6-35-19-11-8-7-10-18(19)32(23(21-12-9-15-37-21)25(34)27-26(3,4)5)22(33)16-31-29-24(28-30-31)20-14-13-17(2)36-20/h7-15,23H,6,16H2,1-5H3,(H,27,34)/t23-/m1/s1. The lowest BCUT2D eigenvalue weighted by molar-refractivity contribution is -0.128. The molecule has 10 nitrogen and oxygen atoms in total. The molecule has 0 unspecified atom stereocenters. The van der Waals surface area contributed by atoms with Crippen molar-refractivity contribution in [2.45, 2.75) is 52.7 Å². The molecule has 4 aromatic rings. The topological polar surface area (TPSA) is 115 Å². The summed E-state index contributed by atoms with van der Waals surface area (Å²) in [7, 11) is 0. The SMILES string of the molecule is CCOc1ccccc1N(C(=O)Cn1nnc(-c2ccc(C)o2)n1)[C@@H](C(=O)NC(C)(C)C)c1cccs1. The molecule has 4 rings (SSSR count). The molecule has 0 bridgehead atoms. The Bertz CT molecular complexity index is 1360. The number of furan rings is 1. The van der Waals surface area contributed by atoms with Gasteiger partial charge >= 0.3 is 0 Å². The van der Waals surface area contributed by atoms with Crippen molar-refractivity contribution >= 4 is 28.8 Å². The number of thiophene rings is 1. The van der Waals surface area contributed by atoms with Crippen LogP contribution in [0.1, 0.15) is 44.4 Å². The quantitative estimate of drug-likeness (QED) is 0.347. The van der Waals surface area contributed by atoms with Gasteiger partial charge in [0.15, 0.2) is 5.76 Å². The highest BCUT2D eigenvalue weighted by molar-refractivity contribution is 7.10. The van der Waals surface area contributed by atoms with Crippen molar-refractivity contribution in [3.63, 3.8) is 0 Å². The van der Waals surface area contributed by atoms with E-state index in [1.54, 1.807) is 30.3 Å². The molecule has 1 N–H and O–H groups in total. The second-order valence-electron chi connectivity index (χ2n) is 9.38. The average molecular weight is 523 g/mol. The van der Waals surface area contributed by atoms with E-state index in [9.17, 15) is 9.59 Å². The zero-order chi connectivity index (χ0) is 26.6. The molecule has 0 fully saturated rings. The molecule has 1 atom stereocenters. The highest BCUT2D eigenvalue weighted by Crippen LogP contribution is 2.37. The predicted octanol–water partition coefficient (Wildman–Crippen LogP) is 4.39. The molecule has 11 heteroatoms. The van der Waals surface area contributed by atoms with Crippen LogP contribution in [0.5, 0.6) is 5.75 Å². The lowest BCUT2D eigenvalue weighted by Crippen LogP contribution is -2.50. The Morgan fingerprint density at radius 2 is 1.95 bits per heavy atom. The number of tetrazole rings is 1. The number of nitrogens with one attached hydrogen (secondary N) is 1. The summed E-state index contributed by atoms with van der Waals surface area (Å²) < 4.78 is 11.4. The minimum atomic E-state index is -0.941. The van der Waals surface area contributed by atoms with Gasteiger partial charge in [0.25, 0.3) is 5.91 Å². The van der Waals surface area contributed by atoms with Crippen LogP contribution in [0.25, 0.3) is 11.6 Å². The molecule has 0 aliphatic heterocycles. The number of nitrogens with zero attached hydrogens (tertiary/aromatic N) is 5. The smallest absolute Gasteiger partial charge is 0.251 e. The summed E-state index contributed by atoms with van der Waals surface area (Å²) in [4.78, 5) is 31.0. The van der Waals surface area contributed by atoms with Crippen LogP contribution in [-0.4, -0.2) is 44.2 Å². The van der Waals surface area contributed by atoms with Crippen LogP contribution in [0.3, 0.4) is 0 Å². The van der Waals surface area contributed by atoms with Crippen molar-refractivity contribution in [1.29, 1.82) is 0 Å². The molecule has 0 saturated heterocycles. The molecular weight excluding hydrogens is 492 g/mol. The van der Waals surface area contributed by atoms with Crippen LogP contribution < -0.4 is 15.0 Å². The van der Waals surface area contributed by atoms with Crippen LogP contribution in [0, 0.1) is 6.92 Å². The van der Waals surface area contributed by atoms with E-state index >= 15 is 0 Å². The van der Waals surface area contributed by atoms with Gasteiger partial charge in [-0.1, -0.05) is 18.2 Å². The van der Waals surface area contributed by atoms with Gasteiger partial charge in [-0.3, -0.25) is 14.5 Å². The van der Waals surface area contributed by atoms with Gasteiger partial charge < -0.3 is 14.5 Å². The number of benzene rings is 1. The van der Waals surface area contributed by atoms with Crippen LogP contribution in [-0.2, 0) is 16.1 Å². The van der Waals surface area contributed by atoms with Gasteiger partial charge in [0, 0.05) is 10.4 Å². The fourth-order valence-corrected chi connectivity index (χ4v) is 4.58. The number of hydrogen-bond donors (Lipinski definition) is 1. The minimum Gasteiger partial charge on any atom is -0.492 e. The van der Waals surface area contributed by atoms with E-state index in [2.05, 4.69) is 20.7 Å². The number of carbonyl (C=O) groups excluding carboxylic acids is 2. The number of rotatable bonds is 9. The predicted molar refractivity (Wildman–Crippen MR) is 140 cm³/mol. The van der Waals surface area contributed by atoms with E-state index in [1.165, 1.54) is 21.0 Å². The maximum atomic E-state index is 14.0. The molecule has 1 aromatic carbocycles. The van der Waals surface area contributed by atoms with E-state index in [0.717, 1.165) is 0 Å². The van der Waals surface area contributed by atoms with E-state index in [1.807, 2.05) is 58.2 Å². The first-order valence-corrected chi connectivity index (χ1v) is 12.8. The lowest BCUT2D eigenvalue weighted by atomic mass is 10.1. The van der Waals surface area contributed by atoms with Gasteiger partial charge in [0.05, 0.1) is 12.3 Å². The molecule has 3 aromatic heterocycles. The van der Waals surface area contributed by atoms with Crippen LogP contribution >= 0.6 is 11.3 Å². The zero-order valence-electron chi connectivity index (χ0n) is 21.5. The Balaban J connectivity index is 1.75. The van der Waals surface area contributed by atoms with Gasteiger partial charge in [0.1, 0.15) is 24.1 Å². The molecular formula is C26H30N6O4S. The minimum absolute atomic E-state index is 0.252. The van der Waals surface area contributed by atoms with Gasteiger partial charge in [-0.2, -0.15) is 4.80 Å². The zero-order valence-corrected chi connectivity index (χ0v) is 22.3. The number of aromatic nitrogens is 4. The lowest BCUT2D eigenvalue weighted by Gasteiger charge is -2.33. The fourth-order valence-electron chi connectivity index (χ4n) is 3.77. The molecule has 0 aliphatic rings. The first kappa shape index (κ1) is 26.1. The monoisotopic (exact) mass is 522 g/mol. The third kappa shape index (κ3) is 6.23. The van der Waals surface area contributed by atoms with Gasteiger partial charge in [-0.15, -0.1) is 21.5 Å². The van der Waals surface area contributed by atoms with Crippen molar-refractivity contribution < 1.29 is 18.7 Å². The van der Waals surface area contributed by atoms with Crippen molar-refractivity contribution in [2.24, 2.45) is 0 Å². The van der Waals surface area contributed by atoms with Gasteiger partial charge in [-0.05, 0) is 75.5 Å². The summed E-state index contributed by atoms with van der Waals surface area (Å²) in [6.45, 7) is 9.52. The van der Waals surface area contributed by atoms with Crippen LogP contribution in [0.15, 0.2) is 58.3 Å². The van der Waals surface area contributed by atoms with E-state index in [4.69, 9.17) is 9.15 Å². The van der Waals surface area contributed by atoms with E-state index in [-0.39, 0.29) is 18.3 Å². The van der Waals surface area contributed by atoms with Crippen LogP contribution in [0.4, 0.5) is 5.69 Å². The molecule has 2 amide bonds. The first-order valence-electron chi connectivity index (χ1n) is 11.9. The number of anilines is 1. The maximum absolute atomic E-state index is 14.0. The van der Waals surface area contributed by atoms with Crippen molar-refractivity contribution in [3.8, 4) is 17.3 Å². The second-order valence-corrected chi connectivity index (χ2v) is 10.4. The highest BCUT2D eigenvalue weighted by atomic mass is 32.1.